The van der Waals surface area contributed by atoms with Gasteiger partial charge in [0.25, 0.3) is 5.91 Å². The van der Waals surface area contributed by atoms with Gasteiger partial charge in [-0.1, -0.05) is 6.07 Å². The van der Waals surface area contributed by atoms with Crippen LogP contribution in [0.15, 0.2) is 53.9 Å². The molecule has 4 rings (SSSR count). The summed E-state index contributed by atoms with van der Waals surface area (Å²) in [6.07, 6.45) is 4.82. The lowest BCUT2D eigenvalue weighted by Crippen LogP contribution is -2.18. The molecular weight excluding hydrogens is 322 g/mol. The number of hydrogen-bond acceptors (Lipinski definition) is 6. The van der Waals surface area contributed by atoms with Crippen molar-refractivity contribution in [1.29, 1.82) is 0 Å². The standard InChI is InChI=1S/C17H13N5O3/c23-17(22-19-9-11-2-1-5-18-8-11)14-7-13(20-21-14)12-3-4-15-16(6-12)25-10-24-15/h1-9H,10H2,(H,20,21)(H,22,23)/b19-9-. The van der Waals surface area contributed by atoms with E-state index in [0.29, 0.717) is 22.9 Å². The van der Waals surface area contributed by atoms with Gasteiger partial charge in [0.2, 0.25) is 6.79 Å². The topological polar surface area (TPSA) is 101 Å². The molecule has 2 N–H and O–H groups in total. The molecule has 0 atom stereocenters. The highest BCUT2D eigenvalue weighted by atomic mass is 16.7. The van der Waals surface area contributed by atoms with E-state index in [-0.39, 0.29) is 12.7 Å². The van der Waals surface area contributed by atoms with Crippen molar-refractivity contribution in [2.75, 3.05) is 6.79 Å². The number of aromatic amines is 1. The average molecular weight is 335 g/mol. The van der Waals surface area contributed by atoms with Crippen LogP contribution in [-0.4, -0.2) is 34.1 Å². The van der Waals surface area contributed by atoms with Crippen LogP contribution < -0.4 is 14.9 Å². The minimum absolute atomic E-state index is 0.210. The van der Waals surface area contributed by atoms with E-state index in [1.165, 1.54) is 6.21 Å². The van der Waals surface area contributed by atoms with Crippen LogP contribution in [0.4, 0.5) is 0 Å². The fourth-order valence-electron chi connectivity index (χ4n) is 2.32. The normalized spacial score (nSPS) is 12.5. The number of carbonyl (C=O) groups is 1. The van der Waals surface area contributed by atoms with Crippen molar-refractivity contribution in [3.05, 3.63) is 60.0 Å². The lowest BCUT2D eigenvalue weighted by atomic mass is 10.1. The molecule has 0 saturated carbocycles. The van der Waals surface area contributed by atoms with Gasteiger partial charge in [0.15, 0.2) is 11.5 Å². The van der Waals surface area contributed by atoms with Gasteiger partial charge in [0.05, 0.1) is 11.9 Å². The maximum atomic E-state index is 12.1. The van der Waals surface area contributed by atoms with Gasteiger partial charge in [0.1, 0.15) is 5.69 Å². The van der Waals surface area contributed by atoms with Crippen molar-refractivity contribution >= 4 is 12.1 Å². The lowest BCUT2D eigenvalue weighted by Gasteiger charge is -1.99. The summed E-state index contributed by atoms with van der Waals surface area (Å²) in [6.45, 7) is 0.210. The third kappa shape index (κ3) is 3.18. The Morgan fingerprint density at radius 1 is 1.24 bits per heavy atom. The van der Waals surface area contributed by atoms with Crippen LogP contribution >= 0.6 is 0 Å². The van der Waals surface area contributed by atoms with Crippen LogP contribution in [0.5, 0.6) is 11.5 Å². The summed E-state index contributed by atoms with van der Waals surface area (Å²) in [5.41, 5.74) is 4.97. The molecular formula is C17H13N5O3. The highest BCUT2D eigenvalue weighted by Gasteiger charge is 2.16. The van der Waals surface area contributed by atoms with E-state index in [2.05, 4.69) is 25.7 Å². The molecule has 8 nitrogen and oxygen atoms in total. The van der Waals surface area contributed by atoms with Gasteiger partial charge in [-0.15, -0.1) is 0 Å². The SMILES string of the molecule is O=C(N/N=C\c1cccnc1)c1cc(-c2ccc3c(c2)OCO3)n[nH]1. The quantitative estimate of drug-likeness (QED) is 0.561. The van der Waals surface area contributed by atoms with E-state index < -0.39 is 0 Å². The molecule has 1 aromatic carbocycles. The van der Waals surface area contributed by atoms with Crippen molar-refractivity contribution in [3.63, 3.8) is 0 Å². The van der Waals surface area contributed by atoms with Crippen LogP contribution in [0.2, 0.25) is 0 Å². The van der Waals surface area contributed by atoms with E-state index in [0.717, 1.165) is 11.1 Å². The first-order valence-corrected chi connectivity index (χ1v) is 7.48. The molecule has 2 aromatic heterocycles. The molecule has 0 bridgehead atoms. The molecule has 3 heterocycles. The number of ether oxygens (including phenoxy) is 2. The Hall–Kier alpha value is -3.68. The monoisotopic (exact) mass is 335 g/mol. The van der Waals surface area contributed by atoms with E-state index >= 15 is 0 Å². The number of nitrogens with one attached hydrogen (secondary N) is 2. The van der Waals surface area contributed by atoms with Gasteiger partial charge in [-0.2, -0.15) is 10.2 Å². The molecule has 25 heavy (non-hydrogen) atoms. The van der Waals surface area contributed by atoms with Crippen LogP contribution in [-0.2, 0) is 0 Å². The van der Waals surface area contributed by atoms with Crippen LogP contribution in [0.25, 0.3) is 11.3 Å². The van der Waals surface area contributed by atoms with Crippen molar-refractivity contribution < 1.29 is 14.3 Å². The Balaban J connectivity index is 1.45. The number of hydrazone groups is 1. The second-order valence-corrected chi connectivity index (χ2v) is 5.22. The second kappa shape index (κ2) is 6.44. The van der Waals surface area contributed by atoms with Crippen molar-refractivity contribution in [2.45, 2.75) is 0 Å². The van der Waals surface area contributed by atoms with Crippen molar-refractivity contribution in [1.82, 2.24) is 20.6 Å². The molecule has 8 heteroatoms. The summed E-state index contributed by atoms with van der Waals surface area (Å²) in [5, 5.41) is 10.8. The summed E-state index contributed by atoms with van der Waals surface area (Å²) < 4.78 is 10.6. The van der Waals surface area contributed by atoms with Gasteiger partial charge in [-0.25, -0.2) is 5.43 Å². The zero-order valence-electron chi connectivity index (χ0n) is 13.0. The molecule has 1 amide bonds. The molecule has 124 valence electrons. The predicted molar refractivity (Wildman–Crippen MR) is 89.4 cm³/mol. The third-order valence-corrected chi connectivity index (χ3v) is 3.55. The van der Waals surface area contributed by atoms with Gasteiger partial charge in [-0.3, -0.25) is 14.9 Å². The van der Waals surface area contributed by atoms with E-state index in [4.69, 9.17) is 9.47 Å². The van der Waals surface area contributed by atoms with Crippen LogP contribution in [0, 0.1) is 0 Å². The molecule has 1 aliphatic heterocycles. The fourth-order valence-corrected chi connectivity index (χ4v) is 2.32. The highest BCUT2D eigenvalue weighted by Crippen LogP contribution is 2.35. The number of hydrogen-bond donors (Lipinski definition) is 2. The first-order chi connectivity index (χ1) is 12.3. The zero-order chi connectivity index (χ0) is 17.1. The number of fused-ring (bicyclic) bond motifs is 1. The Labute approximate surface area is 142 Å². The van der Waals surface area contributed by atoms with Gasteiger partial charge in [0, 0.05) is 23.5 Å². The average Bonchev–Trinajstić information content (AvgIpc) is 3.31. The maximum Gasteiger partial charge on any atom is 0.289 e. The Bertz CT molecular complexity index is 936. The molecule has 1 aliphatic rings. The molecule has 0 aliphatic carbocycles. The molecule has 0 fully saturated rings. The minimum Gasteiger partial charge on any atom is -0.454 e. The van der Waals surface area contributed by atoms with E-state index in [9.17, 15) is 4.79 Å². The molecule has 0 unspecified atom stereocenters. The number of pyridine rings is 1. The Morgan fingerprint density at radius 3 is 3.04 bits per heavy atom. The second-order valence-electron chi connectivity index (χ2n) is 5.22. The lowest BCUT2D eigenvalue weighted by molar-refractivity contribution is 0.0950. The molecule has 3 aromatic rings. The predicted octanol–water partition coefficient (Wildman–Crippen LogP) is 1.96. The van der Waals surface area contributed by atoms with Gasteiger partial charge >= 0.3 is 0 Å². The summed E-state index contributed by atoms with van der Waals surface area (Å²) in [4.78, 5) is 16.1. The first kappa shape index (κ1) is 14.9. The Morgan fingerprint density at radius 2 is 2.16 bits per heavy atom. The maximum absolute atomic E-state index is 12.1. The number of H-pyrrole nitrogens is 1. The molecule has 0 radical (unpaired) electrons. The van der Waals surface area contributed by atoms with Crippen LogP contribution in [0.3, 0.4) is 0 Å². The third-order valence-electron chi connectivity index (χ3n) is 3.55. The van der Waals surface area contributed by atoms with E-state index in [1.54, 1.807) is 24.5 Å². The summed E-state index contributed by atoms with van der Waals surface area (Å²) in [5.74, 6) is 0.967. The largest absolute Gasteiger partial charge is 0.454 e. The van der Waals surface area contributed by atoms with E-state index in [1.807, 2.05) is 24.3 Å². The molecule has 0 saturated heterocycles. The number of amides is 1. The number of carbonyl (C=O) groups excluding carboxylic acids is 1. The summed E-state index contributed by atoms with van der Waals surface area (Å²) in [7, 11) is 0. The smallest absolute Gasteiger partial charge is 0.289 e. The molecule has 0 spiro atoms. The highest BCUT2D eigenvalue weighted by molar-refractivity contribution is 5.94. The number of rotatable bonds is 4. The number of aromatic nitrogens is 3. The van der Waals surface area contributed by atoms with Gasteiger partial charge in [-0.05, 0) is 30.3 Å². The summed E-state index contributed by atoms with van der Waals surface area (Å²) >= 11 is 0. The zero-order valence-corrected chi connectivity index (χ0v) is 13.0. The van der Waals surface area contributed by atoms with Gasteiger partial charge < -0.3 is 9.47 Å². The number of nitrogens with zero attached hydrogens (tertiary/aromatic N) is 3. The van der Waals surface area contributed by atoms with Crippen LogP contribution in [0.1, 0.15) is 16.1 Å². The first-order valence-electron chi connectivity index (χ1n) is 7.48. The fraction of sp³-hybridized carbons (Fsp3) is 0.0588. The minimum atomic E-state index is -0.389. The van der Waals surface area contributed by atoms with Crippen molar-refractivity contribution in [2.24, 2.45) is 5.10 Å². The Kier molecular flexibility index (Phi) is 3.83. The summed E-state index contributed by atoms with van der Waals surface area (Å²) in [6, 6.07) is 10.7. The number of benzene rings is 1. The van der Waals surface area contributed by atoms with Crippen molar-refractivity contribution in [3.8, 4) is 22.8 Å².